The number of rotatable bonds is 5. The van der Waals surface area contributed by atoms with Gasteiger partial charge in [-0.25, -0.2) is 13.1 Å². The molecule has 1 aromatic heterocycles. The van der Waals surface area contributed by atoms with Crippen molar-refractivity contribution < 1.29 is 13.2 Å². The lowest BCUT2D eigenvalue weighted by atomic mass is 10.2. The highest BCUT2D eigenvalue weighted by Gasteiger charge is 2.24. The maximum absolute atomic E-state index is 12.3. The van der Waals surface area contributed by atoms with E-state index in [0.29, 0.717) is 6.54 Å². The molecule has 2 heterocycles. The Hall–Kier alpha value is -1.70. The number of carbonyl (C=O) groups is 1. The van der Waals surface area contributed by atoms with Crippen LogP contribution in [-0.4, -0.2) is 27.4 Å². The van der Waals surface area contributed by atoms with Crippen LogP contribution in [0.5, 0.6) is 0 Å². The molecule has 5 nitrogen and oxygen atoms in total. The molecule has 3 rings (SSSR count). The molecule has 2 aromatic rings. The summed E-state index contributed by atoms with van der Waals surface area (Å²) in [6.07, 6.45) is 1.00. The van der Waals surface area contributed by atoms with Gasteiger partial charge in [0.2, 0.25) is 15.9 Å². The first-order valence-electron chi connectivity index (χ1n) is 6.99. The van der Waals surface area contributed by atoms with Crippen LogP contribution < -0.4 is 9.62 Å². The number of benzene rings is 1. The summed E-state index contributed by atoms with van der Waals surface area (Å²) in [6.45, 7) is 0.771. The highest BCUT2D eigenvalue weighted by Crippen LogP contribution is 2.27. The van der Waals surface area contributed by atoms with E-state index in [4.69, 9.17) is 0 Å². The van der Waals surface area contributed by atoms with E-state index in [1.807, 2.05) is 24.3 Å². The SMILES string of the molecule is O=C(CCNS(=O)(=O)c1cccs1)N1CCc2ccccc21. The minimum atomic E-state index is -3.50. The molecule has 1 aliphatic heterocycles. The summed E-state index contributed by atoms with van der Waals surface area (Å²) in [5.41, 5.74) is 2.10. The van der Waals surface area contributed by atoms with Crippen molar-refractivity contribution in [3.8, 4) is 0 Å². The minimum absolute atomic E-state index is 0.0566. The van der Waals surface area contributed by atoms with Crippen LogP contribution in [0.25, 0.3) is 0 Å². The summed E-state index contributed by atoms with van der Waals surface area (Å²) in [4.78, 5) is 14.0. The number of amides is 1. The van der Waals surface area contributed by atoms with E-state index in [1.165, 1.54) is 0 Å². The lowest BCUT2D eigenvalue weighted by Gasteiger charge is -2.17. The molecule has 0 saturated carbocycles. The molecular formula is C15H16N2O3S2. The molecule has 1 N–H and O–H groups in total. The third-order valence-electron chi connectivity index (χ3n) is 3.58. The van der Waals surface area contributed by atoms with Gasteiger partial charge in [0.15, 0.2) is 0 Å². The van der Waals surface area contributed by atoms with Gasteiger partial charge < -0.3 is 4.90 Å². The van der Waals surface area contributed by atoms with Crippen LogP contribution >= 0.6 is 11.3 Å². The van der Waals surface area contributed by atoms with E-state index < -0.39 is 10.0 Å². The number of hydrogen-bond donors (Lipinski definition) is 1. The molecule has 0 atom stereocenters. The number of anilines is 1. The first-order chi connectivity index (χ1) is 10.6. The lowest BCUT2D eigenvalue weighted by Crippen LogP contribution is -2.33. The summed E-state index contributed by atoms with van der Waals surface area (Å²) in [5.74, 6) is -0.0566. The number of fused-ring (bicyclic) bond motifs is 1. The highest BCUT2D eigenvalue weighted by atomic mass is 32.2. The van der Waals surface area contributed by atoms with E-state index in [-0.39, 0.29) is 23.1 Å². The van der Waals surface area contributed by atoms with Crippen LogP contribution in [-0.2, 0) is 21.2 Å². The molecule has 116 valence electrons. The second-order valence-corrected chi connectivity index (χ2v) is 7.95. The van der Waals surface area contributed by atoms with Gasteiger partial charge in [0, 0.05) is 25.2 Å². The molecule has 7 heteroatoms. The van der Waals surface area contributed by atoms with Gasteiger partial charge in [-0.05, 0) is 29.5 Å². The topological polar surface area (TPSA) is 66.5 Å². The van der Waals surface area contributed by atoms with Gasteiger partial charge in [-0.2, -0.15) is 0 Å². The monoisotopic (exact) mass is 336 g/mol. The molecule has 22 heavy (non-hydrogen) atoms. The van der Waals surface area contributed by atoms with Crippen molar-refractivity contribution in [1.82, 2.24) is 4.72 Å². The number of sulfonamides is 1. The number of para-hydroxylation sites is 1. The summed E-state index contributed by atoms with van der Waals surface area (Å²) < 4.78 is 26.7. The second kappa shape index (κ2) is 6.20. The lowest BCUT2D eigenvalue weighted by molar-refractivity contribution is -0.118. The number of nitrogens with zero attached hydrogens (tertiary/aromatic N) is 1. The molecule has 1 amide bonds. The van der Waals surface area contributed by atoms with Crippen molar-refractivity contribution in [2.75, 3.05) is 18.0 Å². The Morgan fingerprint density at radius 3 is 2.82 bits per heavy atom. The van der Waals surface area contributed by atoms with Crippen LogP contribution in [0.15, 0.2) is 46.0 Å². The molecule has 0 fully saturated rings. The average molecular weight is 336 g/mol. The molecule has 0 radical (unpaired) electrons. The Morgan fingerprint density at radius 2 is 2.05 bits per heavy atom. The molecule has 0 bridgehead atoms. The van der Waals surface area contributed by atoms with Crippen LogP contribution in [0, 0.1) is 0 Å². The van der Waals surface area contributed by atoms with Gasteiger partial charge in [0.1, 0.15) is 4.21 Å². The Kier molecular flexibility index (Phi) is 4.28. The molecule has 0 spiro atoms. The number of nitrogens with one attached hydrogen (secondary N) is 1. The Bertz CT molecular complexity index is 770. The fourth-order valence-corrected chi connectivity index (χ4v) is 4.58. The normalized spacial score (nSPS) is 14.1. The third-order valence-corrected chi connectivity index (χ3v) is 6.44. The van der Waals surface area contributed by atoms with Crippen molar-refractivity contribution >= 4 is 33.0 Å². The number of thiophene rings is 1. The van der Waals surface area contributed by atoms with Crippen molar-refractivity contribution in [3.05, 3.63) is 47.3 Å². The zero-order valence-corrected chi connectivity index (χ0v) is 13.5. The van der Waals surface area contributed by atoms with E-state index in [9.17, 15) is 13.2 Å². The second-order valence-electron chi connectivity index (χ2n) is 5.00. The largest absolute Gasteiger partial charge is 0.312 e. The molecular weight excluding hydrogens is 320 g/mol. The van der Waals surface area contributed by atoms with Crippen LogP contribution in [0.2, 0.25) is 0 Å². The fourth-order valence-electron chi connectivity index (χ4n) is 2.51. The van der Waals surface area contributed by atoms with E-state index in [1.54, 1.807) is 22.4 Å². The fraction of sp³-hybridized carbons (Fsp3) is 0.267. The minimum Gasteiger partial charge on any atom is -0.312 e. The van der Waals surface area contributed by atoms with Crippen molar-refractivity contribution in [2.24, 2.45) is 0 Å². The van der Waals surface area contributed by atoms with E-state index >= 15 is 0 Å². The van der Waals surface area contributed by atoms with E-state index in [2.05, 4.69) is 4.72 Å². The molecule has 0 aliphatic carbocycles. The highest BCUT2D eigenvalue weighted by molar-refractivity contribution is 7.91. The predicted molar refractivity (Wildman–Crippen MR) is 86.6 cm³/mol. The number of hydrogen-bond acceptors (Lipinski definition) is 4. The van der Waals surface area contributed by atoms with Crippen molar-refractivity contribution in [3.63, 3.8) is 0 Å². The first-order valence-corrected chi connectivity index (χ1v) is 9.36. The maximum atomic E-state index is 12.3. The number of carbonyl (C=O) groups excluding carboxylic acids is 1. The van der Waals surface area contributed by atoms with Crippen molar-refractivity contribution in [2.45, 2.75) is 17.1 Å². The average Bonchev–Trinajstić information content (AvgIpc) is 3.17. The summed E-state index contributed by atoms with van der Waals surface area (Å²) in [7, 11) is -3.50. The third kappa shape index (κ3) is 3.06. The van der Waals surface area contributed by atoms with Crippen LogP contribution in [0.4, 0.5) is 5.69 Å². The Labute approximate surface area is 133 Å². The van der Waals surface area contributed by atoms with Crippen LogP contribution in [0.3, 0.4) is 0 Å². The standard InChI is InChI=1S/C15H16N2O3S2/c18-14(17-10-8-12-4-1-2-5-13(12)17)7-9-16-22(19,20)15-6-3-11-21-15/h1-6,11,16H,7-10H2. The summed E-state index contributed by atoms with van der Waals surface area (Å²) >= 11 is 1.16. The van der Waals surface area contributed by atoms with Gasteiger partial charge in [0.05, 0.1) is 0 Å². The molecule has 1 aromatic carbocycles. The summed E-state index contributed by atoms with van der Waals surface area (Å²) in [5, 5.41) is 1.71. The first kappa shape index (κ1) is 15.2. The van der Waals surface area contributed by atoms with Crippen LogP contribution in [0.1, 0.15) is 12.0 Å². The van der Waals surface area contributed by atoms with Gasteiger partial charge in [-0.15, -0.1) is 11.3 Å². The molecule has 0 unspecified atom stereocenters. The Morgan fingerprint density at radius 1 is 1.23 bits per heavy atom. The Balaban J connectivity index is 1.58. The zero-order chi connectivity index (χ0) is 15.6. The predicted octanol–water partition coefficient (Wildman–Crippen LogP) is 2.01. The van der Waals surface area contributed by atoms with Crippen molar-refractivity contribution in [1.29, 1.82) is 0 Å². The quantitative estimate of drug-likeness (QED) is 0.908. The smallest absolute Gasteiger partial charge is 0.250 e. The maximum Gasteiger partial charge on any atom is 0.250 e. The van der Waals surface area contributed by atoms with Gasteiger partial charge in [0.25, 0.3) is 0 Å². The van der Waals surface area contributed by atoms with Gasteiger partial charge >= 0.3 is 0 Å². The molecule has 0 saturated heterocycles. The van der Waals surface area contributed by atoms with E-state index in [0.717, 1.165) is 29.0 Å². The summed E-state index contributed by atoms with van der Waals surface area (Å²) in [6, 6.07) is 11.0. The zero-order valence-electron chi connectivity index (χ0n) is 11.9. The van der Waals surface area contributed by atoms with Gasteiger partial charge in [-0.1, -0.05) is 24.3 Å². The van der Waals surface area contributed by atoms with Gasteiger partial charge in [-0.3, -0.25) is 4.79 Å². The molecule has 1 aliphatic rings.